The molecule has 0 bridgehead atoms. The quantitative estimate of drug-likeness (QED) is 0.409. The normalized spacial score (nSPS) is 45.0. The molecule has 2 saturated carbocycles. The van der Waals surface area contributed by atoms with Crippen molar-refractivity contribution in [3.8, 4) is 0 Å². The van der Waals surface area contributed by atoms with Crippen molar-refractivity contribution in [1.82, 2.24) is 0 Å². The molecule has 0 N–H and O–H groups in total. The molecule has 1 aliphatic heterocycles. The van der Waals surface area contributed by atoms with Crippen LogP contribution in [0, 0.1) is 40.6 Å². The first-order valence-electron chi connectivity index (χ1n) is 11.7. The maximum Gasteiger partial charge on any atom is 0.227 e. The Morgan fingerprint density at radius 2 is 1.77 bits per heavy atom. The third kappa shape index (κ3) is 2.02. The highest BCUT2D eigenvalue weighted by Gasteiger charge is 2.67. The maximum absolute atomic E-state index is 13.3. The van der Waals surface area contributed by atoms with E-state index in [-0.39, 0.29) is 22.4 Å². The summed E-state index contributed by atoms with van der Waals surface area (Å²) in [6.07, 6.45) is 15.7. The SMILES string of the molecule is [C-]#[N+]C1=C[C@@]2(C)C(=CC[C@@H]3[C@@H]2CC[C@@]2(C)[C@H]3CCC23OCCO3)C2(CC=CC2)C1=O. The molecule has 2 spiro atoms. The monoisotopic (exact) mass is 405 g/mol. The van der Waals surface area contributed by atoms with Crippen LogP contribution in [0.25, 0.3) is 4.85 Å². The van der Waals surface area contributed by atoms with Crippen molar-refractivity contribution in [3.63, 3.8) is 0 Å². The molecule has 158 valence electrons. The van der Waals surface area contributed by atoms with E-state index in [1.807, 2.05) is 0 Å². The van der Waals surface area contributed by atoms with Crippen molar-refractivity contribution in [2.75, 3.05) is 13.2 Å². The molecule has 6 rings (SSSR count). The van der Waals surface area contributed by atoms with Crippen LogP contribution in [-0.4, -0.2) is 24.8 Å². The molecule has 0 radical (unpaired) electrons. The Hall–Kier alpha value is -1.70. The van der Waals surface area contributed by atoms with Gasteiger partial charge in [0, 0.05) is 17.3 Å². The van der Waals surface area contributed by atoms with Gasteiger partial charge in [-0.05, 0) is 56.3 Å². The third-order valence-corrected chi connectivity index (χ3v) is 10.0. The molecule has 0 unspecified atom stereocenters. The molecule has 30 heavy (non-hydrogen) atoms. The fourth-order valence-electron chi connectivity index (χ4n) is 8.67. The van der Waals surface area contributed by atoms with Crippen molar-refractivity contribution in [3.05, 3.63) is 47.0 Å². The minimum absolute atomic E-state index is 0.0536. The predicted molar refractivity (Wildman–Crippen MR) is 113 cm³/mol. The number of nitrogens with zero attached hydrogens (tertiary/aromatic N) is 1. The molecule has 5 aliphatic carbocycles. The number of carbonyl (C=O) groups is 1. The van der Waals surface area contributed by atoms with Crippen LogP contribution in [0.1, 0.15) is 58.8 Å². The summed E-state index contributed by atoms with van der Waals surface area (Å²) in [4.78, 5) is 17.1. The molecule has 5 atom stereocenters. The summed E-state index contributed by atoms with van der Waals surface area (Å²) in [6.45, 7) is 13.9. The second-order valence-corrected chi connectivity index (χ2v) is 10.9. The highest BCUT2D eigenvalue weighted by Crippen LogP contribution is 2.70. The Morgan fingerprint density at radius 1 is 1.07 bits per heavy atom. The topological polar surface area (TPSA) is 39.9 Å². The van der Waals surface area contributed by atoms with Crippen LogP contribution in [-0.2, 0) is 14.3 Å². The van der Waals surface area contributed by atoms with Crippen LogP contribution >= 0.6 is 0 Å². The van der Waals surface area contributed by atoms with Crippen molar-refractivity contribution >= 4 is 5.78 Å². The van der Waals surface area contributed by atoms with E-state index < -0.39 is 5.41 Å². The summed E-state index contributed by atoms with van der Waals surface area (Å²) >= 11 is 0. The van der Waals surface area contributed by atoms with Gasteiger partial charge in [0.05, 0.1) is 25.2 Å². The smallest absolute Gasteiger partial charge is 0.227 e. The van der Waals surface area contributed by atoms with Crippen molar-refractivity contribution in [2.45, 2.75) is 64.6 Å². The summed E-state index contributed by atoms with van der Waals surface area (Å²) in [5, 5.41) is 0. The first kappa shape index (κ1) is 19.0. The standard InChI is InChI=1S/C26H31NO3/c1-23-16-20(27-3)22(28)25(10-4-5-11-25)21(23)7-6-17-18(23)8-12-24(2)19(17)9-13-26(24)29-14-15-30-26/h4-5,7,16-19H,6,8-15H2,1-2H3/t17-,18+,19+,23-,24+/m1/s1. The zero-order chi connectivity index (χ0) is 20.8. The van der Waals surface area contributed by atoms with Crippen LogP contribution in [0.15, 0.2) is 35.6 Å². The average molecular weight is 406 g/mol. The van der Waals surface area contributed by atoms with E-state index in [1.165, 1.54) is 5.57 Å². The summed E-state index contributed by atoms with van der Waals surface area (Å²) in [5.41, 5.74) is 1.05. The van der Waals surface area contributed by atoms with Crippen LogP contribution in [0.3, 0.4) is 0 Å². The van der Waals surface area contributed by atoms with Gasteiger partial charge < -0.3 is 14.3 Å². The number of ketones is 1. The van der Waals surface area contributed by atoms with Gasteiger partial charge in [-0.25, -0.2) is 4.85 Å². The number of fused-ring (bicyclic) bond motifs is 7. The van der Waals surface area contributed by atoms with E-state index in [2.05, 4.69) is 43.0 Å². The van der Waals surface area contributed by atoms with Gasteiger partial charge in [0.15, 0.2) is 11.6 Å². The number of hydrogen-bond donors (Lipinski definition) is 0. The fourth-order valence-corrected chi connectivity index (χ4v) is 8.67. The fraction of sp³-hybridized carbons (Fsp3) is 0.692. The molecule has 1 saturated heterocycles. The Labute approximate surface area is 179 Å². The zero-order valence-corrected chi connectivity index (χ0v) is 18.1. The number of ether oxygens (including phenoxy) is 2. The molecule has 1 heterocycles. The molecule has 0 amide bonds. The van der Waals surface area contributed by atoms with E-state index in [0.29, 0.717) is 36.7 Å². The highest BCUT2D eigenvalue weighted by atomic mass is 16.7. The van der Waals surface area contributed by atoms with E-state index in [4.69, 9.17) is 16.0 Å². The molecule has 3 fully saturated rings. The molecule has 6 aliphatic rings. The van der Waals surface area contributed by atoms with Crippen LogP contribution in [0.5, 0.6) is 0 Å². The minimum Gasteiger partial charge on any atom is -0.347 e. The van der Waals surface area contributed by atoms with E-state index in [1.54, 1.807) is 0 Å². The first-order valence-corrected chi connectivity index (χ1v) is 11.7. The Bertz CT molecular complexity index is 938. The van der Waals surface area contributed by atoms with Gasteiger partial charge in [0.25, 0.3) is 0 Å². The Morgan fingerprint density at radius 3 is 2.47 bits per heavy atom. The Kier molecular flexibility index (Phi) is 3.78. The molecule has 0 aromatic rings. The molecule has 4 nitrogen and oxygen atoms in total. The molecule has 0 aromatic carbocycles. The van der Waals surface area contributed by atoms with Gasteiger partial charge in [-0.1, -0.05) is 43.7 Å². The van der Waals surface area contributed by atoms with E-state index in [9.17, 15) is 4.79 Å². The largest absolute Gasteiger partial charge is 0.347 e. The lowest BCUT2D eigenvalue weighted by Crippen LogP contribution is -2.56. The van der Waals surface area contributed by atoms with E-state index in [0.717, 1.165) is 44.9 Å². The van der Waals surface area contributed by atoms with Gasteiger partial charge >= 0.3 is 0 Å². The third-order valence-electron chi connectivity index (χ3n) is 10.0. The second-order valence-electron chi connectivity index (χ2n) is 10.9. The number of hydrogen-bond acceptors (Lipinski definition) is 3. The van der Waals surface area contributed by atoms with Crippen molar-refractivity contribution in [1.29, 1.82) is 0 Å². The van der Waals surface area contributed by atoms with Gasteiger partial charge in [0.2, 0.25) is 5.70 Å². The maximum atomic E-state index is 13.3. The summed E-state index contributed by atoms with van der Waals surface area (Å²) in [5.74, 6) is 1.29. The summed E-state index contributed by atoms with van der Waals surface area (Å²) in [6, 6.07) is 0. The molecule has 4 heteroatoms. The van der Waals surface area contributed by atoms with Crippen LogP contribution in [0.4, 0.5) is 0 Å². The number of carbonyl (C=O) groups excluding carboxylic acids is 1. The lowest BCUT2D eigenvalue weighted by molar-refractivity contribution is -0.241. The van der Waals surface area contributed by atoms with Crippen LogP contribution < -0.4 is 0 Å². The summed E-state index contributed by atoms with van der Waals surface area (Å²) in [7, 11) is 0. The van der Waals surface area contributed by atoms with Crippen molar-refractivity contribution < 1.29 is 14.3 Å². The second kappa shape index (κ2) is 5.96. The van der Waals surface area contributed by atoms with Gasteiger partial charge in [-0.2, -0.15) is 0 Å². The molecular formula is C26H31NO3. The number of Topliss-reactive ketones (excluding diaryl/α,β-unsaturated/α-hetero) is 1. The summed E-state index contributed by atoms with van der Waals surface area (Å²) < 4.78 is 12.5. The number of allylic oxidation sites excluding steroid dienone is 6. The van der Waals surface area contributed by atoms with Gasteiger partial charge in [-0.15, -0.1) is 0 Å². The lowest BCUT2D eigenvalue weighted by Gasteiger charge is -2.59. The first-order chi connectivity index (χ1) is 14.4. The average Bonchev–Trinajstić information content (AvgIpc) is 3.47. The minimum atomic E-state index is -0.496. The van der Waals surface area contributed by atoms with E-state index >= 15 is 0 Å². The zero-order valence-electron chi connectivity index (χ0n) is 18.1. The molecular weight excluding hydrogens is 374 g/mol. The highest BCUT2D eigenvalue weighted by molar-refractivity contribution is 6.05. The Balaban J connectivity index is 1.44. The van der Waals surface area contributed by atoms with Gasteiger partial charge in [-0.3, -0.25) is 0 Å². The number of rotatable bonds is 0. The predicted octanol–water partition coefficient (Wildman–Crippen LogP) is 5.23. The lowest BCUT2D eigenvalue weighted by atomic mass is 9.45. The molecule has 0 aromatic heterocycles. The van der Waals surface area contributed by atoms with Gasteiger partial charge in [0.1, 0.15) is 0 Å². The van der Waals surface area contributed by atoms with Crippen molar-refractivity contribution in [2.24, 2.45) is 34.0 Å². The van der Waals surface area contributed by atoms with Crippen LogP contribution in [0.2, 0.25) is 0 Å².